The number of hydrogen-bond donors (Lipinski definition) is 4. The molecular formula is C17H36N4O8S2. The first-order valence-electron chi connectivity index (χ1n) is 10.6. The van der Waals surface area contributed by atoms with E-state index in [1.54, 1.807) is 0 Å². The zero-order valence-electron chi connectivity index (χ0n) is 17.8. The van der Waals surface area contributed by atoms with Crippen molar-refractivity contribution in [3.8, 4) is 0 Å². The zero-order valence-corrected chi connectivity index (χ0v) is 19.4. The maximum Gasteiger partial charge on any atom is 0.270 e. The highest BCUT2D eigenvalue weighted by Crippen LogP contribution is 2.20. The molecule has 0 saturated carbocycles. The largest absolute Gasteiger partial charge is 0.395 e. The SMILES string of the molecule is O=S(=O)(O)CCCN1CCN(CCO)CC1C(CN1CCN(CCO)CC1)S(=O)(=O)O. The third-order valence-corrected chi connectivity index (χ3v) is 8.05. The Bertz CT molecular complexity index is 743. The first-order valence-corrected chi connectivity index (χ1v) is 13.7. The van der Waals surface area contributed by atoms with E-state index in [1.807, 2.05) is 14.7 Å². The van der Waals surface area contributed by atoms with Gasteiger partial charge in [0.2, 0.25) is 0 Å². The Morgan fingerprint density at radius 2 is 1.32 bits per heavy atom. The Labute approximate surface area is 184 Å². The molecule has 14 heteroatoms. The van der Waals surface area contributed by atoms with E-state index in [2.05, 4.69) is 4.90 Å². The van der Waals surface area contributed by atoms with E-state index in [9.17, 15) is 26.5 Å². The van der Waals surface area contributed by atoms with Gasteiger partial charge in [0, 0.05) is 71.5 Å². The molecule has 184 valence electrons. The van der Waals surface area contributed by atoms with Gasteiger partial charge >= 0.3 is 0 Å². The zero-order chi connectivity index (χ0) is 23.1. The quantitative estimate of drug-likeness (QED) is 0.208. The fourth-order valence-corrected chi connectivity index (χ4v) is 5.89. The van der Waals surface area contributed by atoms with Gasteiger partial charge < -0.3 is 10.2 Å². The number of β-amino-alcohol motifs (C(OH)–C–C–N with tert-alkyl or cyclic N) is 2. The Kier molecular flexibility index (Phi) is 10.5. The van der Waals surface area contributed by atoms with Crippen LogP contribution in [-0.4, -0.2) is 158 Å². The average molecular weight is 489 g/mol. The normalized spacial score (nSPS) is 24.5. The lowest BCUT2D eigenvalue weighted by Crippen LogP contribution is -2.62. The van der Waals surface area contributed by atoms with Crippen molar-refractivity contribution in [2.45, 2.75) is 17.7 Å². The van der Waals surface area contributed by atoms with E-state index in [0.717, 1.165) is 0 Å². The average Bonchev–Trinajstić information content (AvgIpc) is 2.67. The van der Waals surface area contributed by atoms with Gasteiger partial charge in [0.05, 0.1) is 19.0 Å². The Balaban J connectivity index is 2.12. The van der Waals surface area contributed by atoms with Crippen molar-refractivity contribution in [1.82, 2.24) is 19.6 Å². The summed E-state index contributed by atoms with van der Waals surface area (Å²) in [6.45, 7) is 5.33. The lowest BCUT2D eigenvalue weighted by atomic mass is 10.1. The molecule has 0 aromatic heterocycles. The van der Waals surface area contributed by atoms with Crippen LogP contribution in [0.5, 0.6) is 0 Å². The molecule has 0 bridgehead atoms. The summed E-state index contributed by atoms with van der Waals surface area (Å²) in [5.74, 6) is -0.417. The summed E-state index contributed by atoms with van der Waals surface area (Å²) in [5, 5.41) is 17.3. The molecular weight excluding hydrogens is 452 g/mol. The summed E-state index contributed by atoms with van der Waals surface area (Å²) in [6.07, 6.45) is 0.146. The minimum absolute atomic E-state index is 0.0644. The van der Waals surface area contributed by atoms with Crippen molar-refractivity contribution in [1.29, 1.82) is 0 Å². The highest BCUT2D eigenvalue weighted by Gasteiger charge is 2.40. The molecule has 0 aromatic rings. The van der Waals surface area contributed by atoms with E-state index >= 15 is 0 Å². The van der Waals surface area contributed by atoms with Crippen LogP contribution in [-0.2, 0) is 20.2 Å². The van der Waals surface area contributed by atoms with E-state index in [-0.39, 0.29) is 32.7 Å². The second kappa shape index (κ2) is 12.2. The van der Waals surface area contributed by atoms with Crippen LogP contribution in [0.3, 0.4) is 0 Å². The number of nitrogens with zero attached hydrogens (tertiary/aromatic N) is 4. The molecule has 2 aliphatic heterocycles. The number of rotatable bonds is 12. The van der Waals surface area contributed by atoms with Gasteiger partial charge in [0.15, 0.2) is 0 Å². The van der Waals surface area contributed by atoms with Gasteiger partial charge in [-0.3, -0.25) is 28.7 Å². The molecule has 4 N–H and O–H groups in total. The van der Waals surface area contributed by atoms with Crippen LogP contribution in [0, 0.1) is 0 Å². The summed E-state index contributed by atoms with van der Waals surface area (Å²) in [7, 11) is -8.52. The molecule has 2 rings (SSSR count). The van der Waals surface area contributed by atoms with Crippen LogP contribution < -0.4 is 0 Å². The fourth-order valence-electron chi connectivity index (χ4n) is 4.34. The highest BCUT2D eigenvalue weighted by atomic mass is 32.2. The van der Waals surface area contributed by atoms with Crippen molar-refractivity contribution in [3.63, 3.8) is 0 Å². The van der Waals surface area contributed by atoms with Gasteiger partial charge in [-0.25, -0.2) is 0 Å². The summed E-state index contributed by atoms with van der Waals surface area (Å²) in [5.41, 5.74) is 0. The lowest BCUT2D eigenvalue weighted by molar-refractivity contribution is 0.0483. The molecule has 2 unspecified atom stereocenters. The van der Waals surface area contributed by atoms with Gasteiger partial charge in [-0.1, -0.05) is 0 Å². The monoisotopic (exact) mass is 488 g/mol. The molecule has 0 aliphatic carbocycles. The van der Waals surface area contributed by atoms with Crippen LogP contribution in [0.1, 0.15) is 6.42 Å². The maximum absolute atomic E-state index is 12.4. The summed E-state index contributed by atoms with van der Waals surface area (Å²) < 4.78 is 65.9. The molecule has 2 atom stereocenters. The fraction of sp³-hybridized carbons (Fsp3) is 1.00. The summed E-state index contributed by atoms with van der Waals surface area (Å²) in [6, 6.07) is -0.577. The first-order chi connectivity index (χ1) is 14.5. The van der Waals surface area contributed by atoms with Crippen molar-refractivity contribution in [2.75, 3.05) is 91.0 Å². The number of aliphatic hydroxyl groups excluding tert-OH is 2. The van der Waals surface area contributed by atoms with Crippen LogP contribution >= 0.6 is 0 Å². The second-order valence-corrected chi connectivity index (χ2v) is 11.4. The number of hydrogen-bond acceptors (Lipinski definition) is 10. The van der Waals surface area contributed by atoms with Gasteiger partial charge in [0.1, 0.15) is 5.25 Å². The smallest absolute Gasteiger partial charge is 0.270 e. The number of aliphatic hydroxyl groups is 2. The topological polar surface area (TPSA) is 162 Å². The van der Waals surface area contributed by atoms with E-state index in [4.69, 9.17) is 9.66 Å². The van der Waals surface area contributed by atoms with Crippen LogP contribution in [0.4, 0.5) is 0 Å². The Morgan fingerprint density at radius 1 is 0.774 bits per heavy atom. The van der Waals surface area contributed by atoms with Crippen molar-refractivity contribution in [3.05, 3.63) is 0 Å². The second-order valence-electron chi connectivity index (χ2n) is 8.19. The minimum atomic E-state index is -4.41. The van der Waals surface area contributed by atoms with Gasteiger partial charge in [0.25, 0.3) is 20.2 Å². The predicted octanol–water partition coefficient (Wildman–Crippen LogP) is -2.89. The molecule has 12 nitrogen and oxygen atoms in total. The molecule has 0 radical (unpaired) electrons. The van der Waals surface area contributed by atoms with Crippen molar-refractivity contribution < 1.29 is 36.2 Å². The van der Waals surface area contributed by atoms with E-state index < -0.39 is 37.3 Å². The van der Waals surface area contributed by atoms with Crippen molar-refractivity contribution >= 4 is 20.2 Å². The van der Waals surface area contributed by atoms with E-state index in [0.29, 0.717) is 58.9 Å². The van der Waals surface area contributed by atoms with Gasteiger partial charge in [-0.05, 0) is 13.0 Å². The molecule has 2 fully saturated rings. The van der Waals surface area contributed by atoms with Crippen LogP contribution in [0.15, 0.2) is 0 Å². The van der Waals surface area contributed by atoms with Crippen LogP contribution in [0.2, 0.25) is 0 Å². The minimum Gasteiger partial charge on any atom is -0.395 e. The molecule has 0 amide bonds. The predicted molar refractivity (Wildman–Crippen MR) is 115 cm³/mol. The molecule has 2 aliphatic rings. The Hall–Kier alpha value is -0.420. The maximum atomic E-state index is 12.4. The highest BCUT2D eigenvalue weighted by molar-refractivity contribution is 7.86. The molecule has 2 heterocycles. The molecule has 0 spiro atoms. The lowest BCUT2D eigenvalue weighted by Gasteiger charge is -2.45. The molecule has 31 heavy (non-hydrogen) atoms. The first kappa shape index (κ1) is 26.8. The van der Waals surface area contributed by atoms with Crippen LogP contribution in [0.25, 0.3) is 0 Å². The Morgan fingerprint density at radius 3 is 1.87 bits per heavy atom. The third-order valence-electron chi connectivity index (χ3n) is 6.01. The molecule has 0 aromatic carbocycles. The van der Waals surface area contributed by atoms with Crippen molar-refractivity contribution in [2.24, 2.45) is 0 Å². The standard InChI is InChI=1S/C17H36N4O8S2/c22-11-9-18-3-5-19(6-4-18)15-17(31(27,28)29)16-14-20(10-12-23)7-8-21(16)2-1-13-30(24,25)26/h16-17,22-23H,1-15H2,(H,24,25,26)(H,27,28,29). The van der Waals surface area contributed by atoms with E-state index in [1.165, 1.54) is 0 Å². The van der Waals surface area contributed by atoms with Gasteiger partial charge in [-0.15, -0.1) is 0 Å². The third kappa shape index (κ3) is 9.15. The number of piperazine rings is 2. The van der Waals surface area contributed by atoms with Gasteiger partial charge in [-0.2, -0.15) is 16.8 Å². The summed E-state index contributed by atoms with van der Waals surface area (Å²) >= 11 is 0. The summed E-state index contributed by atoms with van der Waals surface area (Å²) in [4.78, 5) is 7.86. The molecule has 2 saturated heterocycles.